The lowest BCUT2D eigenvalue weighted by Gasteiger charge is -2.11. The van der Waals surface area contributed by atoms with E-state index in [1.54, 1.807) is 0 Å². The molecule has 0 amide bonds. The Hall–Kier alpha value is -2.35. The molecule has 0 aliphatic rings. The third-order valence-electron chi connectivity index (χ3n) is 2.58. The second kappa shape index (κ2) is 4.73. The molecule has 0 aromatic heterocycles. The molecule has 0 aliphatic carbocycles. The van der Waals surface area contributed by atoms with Crippen molar-refractivity contribution in [1.29, 1.82) is 0 Å². The van der Waals surface area contributed by atoms with Crippen LogP contribution in [0.2, 0.25) is 0 Å². The van der Waals surface area contributed by atoms with E-state index in [1.807, 2.05) is 0 Å². The first kappa shape index (κ1) is 13.1. The van der Waals surface area contributed by atoms with E-state index in [0.29, 0.717) is 5.56 Å². The van der Waals surface area contributed by atoms with Crippen molar-refractivity contribution in [3.8, 4) is 11.1 Å². The summed E-state index contributed by atoms with van der Waals surface area (Å²) in [5, 5.41) is 0. The fourth-order valence-electron chi connectivity index (χ4n) is 1.71. The van der Waals surface area contributed by atoms with E-state index in [-0.39, 0.29) is 5.56 Å². The van der Waals surface area contributed by atoms with Crippen LogP contribution >= 0.6 is 0 Å². The first-order valence-corrected chi connectivity index (χ1v) is 5.26. The second-order valence-electron chi connectivity index (χ2n) is 3.85. The largest absolute Gasteiger partial charge is 0.407 e. The highest BCUT2D eigenvalue weighted by molar-refractivity contribution is 5.69. The van der Waals surface area contributed by atoms with Gasteiger partial charge >= 0.3 is 6.18 Å². The summed E-state index contributed by atoms with van der Waals surface area (Å²) in [6, 6.07) is 8.61. The molecule has 0 saturated carbocycles. The molecular formula is C14H7F4N. The topological polar surface area (TPSA) is 4.36 Å². The summed E-state index contributed by atoms with van der Waals surface area (Å²) >= 11 is 0. The summed E-state index contributed by atoms with van der Waals surface area (Å²) in [6.07, 6.45) is -4.61. The minimum absolute atomic E-state index is 0.222. The first-order chi connectivity index (χ1) is 8.91. The normalized spacial score (nSPS) is 11.1. The van der Waals surface area contributed by atoms with Gasteiger partial charge in [0.1, 0.15) is 5.82 Å². The van der Waals surface area contributed by atoms with Gasteiger partial charge in [-0.25, -0.2) is 9.24 Å². The predicted molar refractivity (Wildman–Crippen MR) is 63.1 cm³/mol. The van der Waals surface area contributed by atoms with Crippen LogP contribution in [0.25, 0.3) is 16.0 Å². The molecule has 1 nitrogen and oxygen atoms in total. The van der Waals surface area contributed by atoms with Crippen molar-refractivity contribution in [2.75, 3.05) is 0 Å². The highest BCUT2D eigenvalue weighted by Crippen LogP contribution is 2.38. The van der Waals surface area contributed by atoms with Gasteiger partial charge in [0.15, 0.2) is 5.69 Å². The van der Waals surface area contributed by atoms with Gasteiger partial charge in [-0.15, -0.1) is 0 Å². The molecule has 0 unspecified atom stereocenters. The Morgan fingerprint density at radius 1 is 0.947 bits per heavy atom. The van der Waals surface area contributed by atoms with E-state index in [2.05, 4.69) is 4.85 Å². The van der Waals surface area contributed by atoms with Crippen molar-refractivity contribution in [2.24, 2.45) is 0 Å². The molecule has 0 N–H and O–H groups in total. The molecule has 19 heavy (non-hydrogen) atoms. The Morgan fingerprint density at radius 2 is 1.63 bits per heavy atom. The van der Waals surface area contributed by atoms with Crippen molar-refractivity contribution in [3.05, 3.63) is 65.3 Å². The highest BCUT2D eigenvalue weighted by Gasteiger charge is 2.33. The lowest BCUT2D eigenvalue weighted by molar-refractivity contribution is -0.136. The standard InChI is InChI=1S/C14H7F4N/c1-19-13-6-5-10(8-12(13)14(16,17)18)9-3-2-4-11(15)7-9/h2-8H. The smallest absolute Gasteiger partial charge is 0.238 e. The zero-order valence-corrected chi connectivity index (χ0v) is 9.50. The van der Waals surface area contributed by atoms with Crippen LogP contribution in [-0.2, 0) is 6.18 Å². The zero-order valence-electron chi connectivity index (χ0n) is 9.50. The summed E-state index contributed by atoms with van der Waals surface area (Å²) in [7, 11) is 0. The van der Waals surface area contributed by atoms with Gasteiger partial charge in [0.25, 0.3) is 0 Å². The molecule has 2 aromatic rings. The Labute approximate surface area is 106 Å². The molecule has 0 spiro atoms. The van der Waals surface area contributed by atoms with Gasteiger partial charge in [0.2, 0.25) is 0 Å². The SMILES string of the molecule is [C-]#[N+]c1ccc(-c2cccc(F)c2)cc1C(F)(F)F. The Kier molecular flexibility index (Phi) is 3.26. The maximum Gasteiger partial charge on any atom is 0.407 e. The summed E-state index contributed by atoms with van der Waals surface area (Å²) in [5.41, 5.74) is -0.918. The number of benzene rings is 2. The highest BCUT2D eigenvalue weighted by atomic mass is 19.4. The van der Waals surface area contributed by atoms with Crippen molar-refractivity contribution < 1.29 is 17.6 Å². The Balaban J connectivity index is 2.59. The van der Waals surface area contributed by atoms with Crippen molar-refractivity contribution in [1.82, 2.24) is 0 Å². The lowest BCUT2D eigenvalue weighted by Crippen LogP contribution is -2.05. The average molecular weight is 265 g/mol. The van der Waals surface area contributed by atoms with Gasteiger partial charge in [-0.2, -0.15) is 13.2 Å². The molecule has 0 radical (unpaired) electrons. The fourth-order valence-corrected chi connectivity index (χ4v) is 1.71. The molecule has 0 atom stereocenters. The van der Waals surface area contributed by atoms with Crippen LogP contribution in [0.1, 0.15) is 5.56 Å². The van der Waals surface area contributed by atoms with Crippen LogP contribution in [0.3, 0.4) is 0 Å². The summed E-state index contributed by atoms with van der Waals surface area (Å²) < 4.78 is 51.4. The van der Waals surface area contributed by atoms with Gasteiger partial charge in [-0.05, 0) is 23.3 Å². The van der Waals surface area contributed by atoms with Crippen LogP contribution in [0.5, 0.6) is 0 Å². The first-order valence-electron chi connectivity index (χ1n) is 5.26. The van der Waals surface area contributed by atoms with Crippen LogP contribution in [0, 0.1) is 12.4 Å². The molecule has 5 heteroatoms. The number of hydrogen-bond donors (Lipinski definition) is 0. The average Bonchev–Trinajstić information content (AvgIpc) is 2.37. The van der Waals surface area contributed by atoms with Crippen molar-refractivity contribution in [3.63, 3.8) is 0 Å². The molecule has 0 aliphatic heterocycles. The summed E-state index contributed by atoms with van der Waals surface area (Å²) in [5.74, 6) is -0.527. The maximum absolute atomic E-state index is 13.1. The summed E-state index contributed by atoms with van der Waals surface area (Å²) in [6.45, 7) is 6.74. The molecule has 0 bridgehead atoms. The van der Waals surface area contributed by atoms with E-state index in [4.69, 9.17) is 6.57 Å². The van der Waals surface area contributed by atoms with E-state index in [9.17, 15) is 17.6 Å². The maximum atomic E-state index is 13.1. The van der Waals surface area contributed by atoms with Crippen LogP contribution in [0.4, 0.5) is 23.2 Å². The second-order valence-corrected chi connectivity index (χ2v) is 3.85. The van der Waals surface area contributed by atoms with Gasteiger partial charge in [-0.3, -0.25) is 0 Å². The molecule has 2 rings (SSSR count). The molecule has 0 fully saturated rings. The van der Waals surface area contributed by atoms with Gasteiger partial charge in [0, 0.05) is 0 Å². The zero-order chi connectivity index (χ0) is 14.0. The number of rotatable bonds is 1. The Morgan fingerprint density at radius 3 is 2.21 bits per heavy atom. The van der Waals surface area contributed by atoms with Crippen LogP contribution in [-0.4, -0.2) is 0 Å². The number of alkyl halides is 3. The van der Waals surface area contributed by atoms with E-state index < -0.39 is 23.2 Å². The number of halogens is 4. The van der Waals surface area contributed by atoms with Gasteiger partial charge in [-0.1, -0.05) is 30.3 Å². The quantitative estimate of drug-likeness (QED) is 0.501. The van der Waals surface area contributed by atoms with E-state index in [1.165, 1.54) is 24.3 Å². The molecule has 2 aromatic carbocycles. The number of hydrogen-bond acceptors (Lipinski definition) is 0. The van der Waals surface area contributed by atoms with Gasteiger partial charge < -0.3 is 0 Å². The Bertz CT molecular complexity index is 653. The van der Waals surface area contributed by atoms with Crippen molar-refractivity contribution in [2.45, 2.75) is 6.18 Å². The monoisotopic (exact) mass is 265 g/mol. The molecule has 0 saturated heterocycles. The third kappa shape index (κ3) is 2.74. The third-order valence-corrected chi connectivity index (χ3v) is 2.58. The lowest BCUT2D eigenvalue weighted by atomic mass is 10.0. The predicted octanol–water partition coefficient (Wildman–Crippen LogP) is 5.06. The molecule has 96 valence electrons. The fraction of sp³-hybridized carbons (Fsp3) is 0.0714. The molecule has 0 heterocycles. The minimum Gasteiger partial charge on any atom is -0.238 e. The van der Waals surface area contributed by atoms with Crippen LogP contribution < -0.4 is 0 Å². The number of nitrogens with zero attached hydrogens (tertiary/aromatic N) is 1. The minimum atomic E-state index is -4.61. The van der Waals surface area contributed by atoms with E-state index >= 15 is 0 Å². The van der Waals surface area contributed by atoms with Gasteiger partial charge in [0.05, 0.1) is 12.1 Å². The van der Waals surface area contributed by atoms with Crippen molar-refractivity contribution >= 4 is 5.69 Å². The summed E-state index contributed by atoms with van der Waals surface area (Å²) in [4.78, 5) is 2.85. The van der Waals surface area contributed by atoms with Crippen LogP contribution in [0.15, 0.2) is 42.5 Å². The molecular weight excluding hydrogens is 258 g/mol. The van der Waals surface area contributed by atoms with E-state index in [0.717, 1.165) is 18.2 Å².